The SMILES string of the molecule is CC(OC(=O)c1cc(F)cc(F)c1)C(=O)NC(C)c1ccc(F)cc1. The molecule has 1 N–H and O–H groups in total. The fourth-order valence-electron chi connectivity index (χ4n) is 2.12. The van der Waals surface area contributed by atoms with Crippen molar-refractivity contribution >= 4 is 11.9 Å². The Kier molecular flexibility index (Phi) is 5.80. The maximum atomic E-state index is 13.1. The van der Waals surface area contributed by atoms with Crippen LogP contribution in [0.5, 0.6) is 0 Å². The maximum absolute atomic E-state index is 13.1. The standard InChI is InChI=1S/C18H16F3NO3/c1-10(12-3-5-14(19)6-4-12)22-17(23)11(2)25-18(24)13-7-15(20)9-16(21)8-13/h3-11H,1-2H3,(H,22,23). The van der Waals surface area contributed by atoms with Crippen molar-refractivity contribution in [3.05, 3.63) is 71.0 Å². The van der Waals surface area contributed by atoms with E-state index in [-0.39, 0.29) is 5.56 Å². The summed E-state index contributed by atoms with van der Waals surface area (Å²) in [4.78, 5) is 24.0. The second-order valence-corrected chi connectivity index (χ2v) is 5.49. The molecule has 0 aliphatic rings. The minimum absolute atomic E-state index is 0.330. The highest BCUT2D eigenvalue weighted by Crippen LogP contribution is 2.14. The summed E-state index contributed by atoms with van der Waals surface area (Å²) >= 11 is 0. The van der Waals surface area contributed by atoms with Gasteiger partial charge in [0, 0.05) is 6.07 Å². The first-order valence-corrected chi connectivity index (χ1v) is 7.49. The summed E-state index contributed by atoms with van der Waals surface area (Å²) in [5.74, 6) is -3.85. The normalized spacial score (nSPS) is 13.0. The summed E-state index contributed by atoms with van der Waals surface area (Å²) in [5, 5.41) is 2.61. The van der Waals surface area contributed by atoms with Crippen molar-refractivity contribution in [1.29, 1.82) is 0 Å². The van der Waals surface area contributed by atoms with Crippen molar-refractivity contribution in [3.63, 3.8) is 0 Å². The molecule has 0 aliphatic heterocycles. The van der Waals surface area contributed by atoms with Crippen molar-refractivity contribution in [2.45, 2.75) is 26.0 Å². The van der Waals surface area contributed by atoms with Crippen LogP contribution in [-0.4, -0.2) is 18.0 Å². The third-order valence-corrected chi connectivity index (χ3v) is 3.48. The van der Waals surface area contributed by atoms with Crippen molar-refractivity contribution in [2.24, 2.45) is 0 Å². The zero-order chi connectivity index (χ0) is 18.6. The van der Waals surface area contributed by atoms with Crippen LogP contribution in [0.4, 0.5) is 13.2 Å². The van der Waals surface area contributed by atoms with E-state index < -0.39 is 41.5 Å². The summed E-state index contributed by atoms with van der Waals surface area (Å²) in [6, 6.07) is 7.38. The first-order valence-electron chi connectivity index (χ1n) is 7.49. The van der Waals surface area contributed by atoms with Crippen LogP contribution < -0.4 is 5.32 Å². The molecule has 2 atom stereocenters. The molecular weight excluding hydrogens is 335 g/mol. The molecule has 2 rings (SSSR count). The Morgan fingerprint density at radius 1 is 0.920 bits per heavy atom. The van der Waals surface area contributed by atoms with E-state index in [4.69, 9.17) is 4.74 Å². The molecule has 2 unspecified atom stereocenters. The minimum atomic E-state index is -1.18. The lowest BCUT2D eigenvalue weighted by Gasteiger charge is -2.18. The van der Waals surface area contributed by atoms with Crippen LogP contribution in [0.1, 0.15) is 35.8 Å². The van der Waals surface area contributed by atoms with Crippen molar-refractivity contribution in [2.75, 3.05) is 0 Å². The fraction of sp³-hybridized carbons (Fsp3) is 0.222. The second-order valence-electron chi connectivity index (χ2n) is 5.49. The van der Waals surface area contributed by atoms with Crippen LogP contribution in [0.25, 0.3) is 0 Å². The predicted octanol–water partition coefficient (Wildman–Crippen LogP) is 3.53. The molecule has 25 heavy (non-hydrogen) atoms. The molecule has 0 radical (unpaired) electrons. The molecule has 0 saturated heterocycles. The molecule has 0 aliphatic carbocycles. The van der Waals surface area contributed by atoms with Gasteiger partial charge in [-0.1, -0.05) is 12.1 Å². The molecule has 1 amide bonds. The van der Waals surface area contributed by atoms with Gasteiger partial charge in [-0.15, -0.1) is 0 Å². The van der Waals surface area contributed by atoms with E-state index in [0.717, 1.165) is 12.1 Å². The number of carbonyl (C=O) groups excluding carboxylic acids is 2. The third kappa shape index (κ3) is 5.07. The van der Waals surface area contributed by atoms with Gasteiger partial charge in [0.05, 0.1) is 11.6 Å². The number of esters is 1. The lowest BCUT2D eigenvalue weighted by atomic mass is 10.1. The lowest BCUT2D eigenvalue weighted by molar-refractivity contribution is -0.129. The molecule has 2 aromatic rings. The van der Waals surface area contributed by atoms with Gasteiger partial charge in [-0.05, 0) is 43.7 Å². The highest BCUT2D eigenvalue weighted by molar-refractivity contribution is 5.92. The van der Waals surface area contributed by atoms with E-state index in [2.05, 4.69) is 5.32 Å². The number of amides is 1. The summed E-state index contributed by atoms with van der Waals surface area (Å²) in [7, 11) is 0. The second kappa shape index (κ2) is 7.83. The smallest absolute Gasteiger partial charge is 0.339 e. The summed E-state index contributed by atoms with van der Waals surface area (Å²) in [6.45, 7) is 3.02. The molecule has 2 aromatic carbocycles. The van der Waals surface area contributed by atoms with Crippen LogP contribution in [-0.2, 0) is 9.53 Å². The largest absolute Gasteiger partial charge is 0.449 e. The van der Waals surface area contributed by atoms with Crippen molar-refractivity contribution in [3.8, 4) is 0 Å². The van der Waals surface area contributed by atoms with Gasteiger partial charge in [-0.25, -0.2) is 18.0 Å². The lowest BCUT2D eigenvalue weighted by Crippen LogP contribution is -2.37. The number of carbonyl (C=O) groups is 2. The average Bonchev–Trinajstić information content (AvgIpc) is 2.54. The Labute approximate surface area is 142 Å². The number of hydrogen-bond acceptors (Lipinski definition) is 3. The quantitative estimate of drug-likeness (QED) is 0.839. The topological polar surface area (TPSA) is 55.4 Å². The molecule has 132 valence electrons. The first kappa shape index (κ1) is 18.5. The van der Waals surface area contributed by atoms with Gasteiger partial charge in [0.15, 0.2) is 6.10 Å². The van der Waals surface area contributed by atoms with Gasteiger partial charge >= 0.3 is 5.97 Å². The van der Waals surface area contributed by atoms with Gasteiger partial charge in [-0.3, -0.25) is 4.79 Å². The Hall–Kier alpha value is -2.83. The maximum Gasteiger partial charge on any atom is 0.339 e. The molecule has 7 heteroatoms. The van der Waals surface area contributed by atoms with Gasteiger partial charge in [-0.2, -0.15) is 0 Å². The summed E-state index contributed by atoms with van der Waals surface area (Å²) in [6.07, 6.45) is -1.18. The zero-order valence-electron chi connectivity index (χ0n) is 13.6. The molecule has 0 spiro atoms. The number of hydrogen-bond donors (Lipinski definition) is 1. The molecular formula is C18H16F3NO3. The van der Waals surface area contributed by atoms with Crippen LogP contribution in [0.2, 0.25) is 0 Å². The minimum Gasteiger partial charge on any atom is -0.449 e. The number of nitrogens with one attached hydrogen (secondary N) is 1. The Morgan fingerprint density at radius 2 is 1.48 bits per heavy atom. The van der Waals surface area contributed by atoms with Crippen LogP contribution in [0.15, 0.2) is 42.5 Å². The molecule has 4 nitrogen and oxygen atoms in total. The van der Waals surface area contributed by atoms with E-state index >= 15 is 0 Å². The number of ether oxygens (including phenoxy) is 1. The van der Waals surface area contributed by atoms with E-state index in [9.17, 15) is 22.8 Å². The number of halogens is 3. The molecule has 0 aromatic heterocycles. The summed E-state index contributed by atoms with van der Waals surface area (Å²) in [5.41, 5.74) is 0.337. The van der Waals surface area contributed by atoms with E-state index in [1.807, 2.05) is 0 Å². The molecule has 0 saturated carbocycles. The van der Waals surface area contributed by atoms with Gasteiger partial charge in [0.25, 0.3) is 5.91 Å². The molecule has 0 heterocycles. The summed E-state index contributed by atoms with van der Waals surface area (Å²) < 4.78 is 44.1. The van der Waals surface area contributed by atoms with Crippen LogP contribution >= 0.6 is 0 Å². The third-order valence-electron chi connectivity index (χ3n) is 3.48. The monoisotopic (exact) mass is 351 g/mol. The Balaban J connectivity index is 1.97. The van der Waals surface area contributed by atoms with Crippen molar-refractivity contribution < 1.29 is 27.5 Å². The highest BCUT2D eigenvalue weighted by Gasteiger charge is 2.21. The Bertz CT molecular complexity index is 757. The molecule has 0 fully saturated rings. The van der Waals surface area contributed by atoms with Crippen molar-refractivity contribution in [1.82, 2.24) is 5.32 Å². The van der Waals surface area contributed by atoms with E-state index in [1.165, 1.54) is 31.2 Å². The van der Waals surface area contributed by atoms with E-state index in [1.54, 1.807) is 6.92 Å². The molecule has 0 bridgehead atoms. The fourth-order valence-corrected chi connectivity index (χ4v) is 2.12. The predicted molar refractivity (Wildman–Crippen MR) is 84.2 cm³/mol. The van der Waals surface area contributed by atoms with Crippen LogP contribution in [0.3, 0.4) is 0 Å². The van der Waals surface area contributed by atoms with Crippen LogP contribution in [0, 0.1) is 17.5 Å². The van der Waals surface area contributed by atoms with E-state index in [0.29, 0.717) is 11.6 Å². The van der Waals surface area contributed by atoms with Gasteiger partial charge in [0.2, 0.25) is 0 Å². The zero-order valence-corrected chi connectivity index (χ0v) is 13.6. The number of rotatable bonds is 5. The first-order chi connectivity index (χ1) is 11.8. The van der Waals surface area contributed by atoms with Gasteiger partial charge < -0.3 is 10.1 Å². The highest BCUT2D eigenvalue weighted by atomic mass is 19.1. The number of benzene rings is 2. The Morgan fingerprint density at radius 3 is 2.04 bits per heavy atom. The average molecular weight is 351 g/mol. The van der Waals surface area contributed by atoms with Gasteiger partial charge in [0.1, 0.15) is 17.5 Å².